The molecule has 0 atom stereocenters. The monoisotopic (exact) mass is 391 g/mol. The fourth-order valence-corrected chi connectivity index (χ4v) is 3.54. The van der Waals surface area contributed by atoms with E-state index in [-0.39, 0.29) is 38.1 Å². The molecule has 0 amide bonds. The highest BCUT2D eigenvalue weighted by Crippen LogP contribution is 2.30. The van der Waals surface area contributed by atoms with E-state index < -0.39 is 21.4 Å². The van der Waals surface area contributed by atoms with Crippen LogP contribution in [0.5, 0.6) is 5.75 Å². The highest BCUT2D eigenvalue weighted by Gasteiger charge is 2.22. The summed E-state index contributed by atoms with van der Waals surface area (Å²) in [5, 5.41) is 9.17. The zero-order valence-electron chi connectivity index (χ0n) is 14.6. The van der Waals surface area contributed by atoms with Crippen LogP contribution in [-0.4, -0.2) is 33.1 Å². The van der Waals surface area contributed by atoms with Crippen LogP contribution in [0, 0.1) is 0 Å². The summed E-state index contributed by atoms with van der Waals surface area (Å²) in [4.78, 5) is 23.9. The Morgan fingerprint density at radius 1 is 1.22 bits per heavy atom. The Morgan fingerprint density at radius 3 is 2.59 bits per heavy atom. The molecule has 2 N–H and O–H groups in total. The zero-order chi connectivity index (χ0) is 19.8. The summed E-state index contributed by atoms with van der Waals surface area (Å²) in [6, 6.07) is 6.51. The summed E-state index contributed by atoms with van der Waals surface area (Å²) in [5.74, 6) is -0.978. The number of aromatic carboxylic acids is 1. The standard InChI is InChI=1S/C18H17NO7S/c1-3-6-25-11-8-13-16(20)12-7-10(18(21)22)4-5-14(12)26-17(13)15(9-11)27(23,24)19-2/h4-5,7-9,19H,3,6H2,1-2H3,(H,21,22). The normalized spacial score (nSPS) is 11.8. The van der Waals surface area contributed by atoms with Crippen LogP contribution in [0.25, 0.3) is 21.9 Å². The first-order valence-electron chi connectivity index (χ1n) is 8.12. The van der Waals surface area contributed by atoms with Crippen molar-refractivity contribution in [2.75, 3.05) is 13.7 Å². The molecule has 1 aromatic heterocycles. The molecule has 0 unspecified atom stereocenters. The Bertz CT molecular complexity index is 1210. The second kappa shape index (κ2) is 7.01. The van der Waals surface area contributed by atoms with E-state index in [0.717, 1.165) is 0 Å². The number of hydrogen-bond acceptors (Lipinski definition) is 6. The largest absolute Gasteiger partial charge is 0.494 e. The van der Waals surface area contributed by atoms with Gasteiger partial charge in [-0.15, -0.1) is 0 Å². The first-order valence-corrected chi connectivity index (χ1v) is 9.61. The summed E-state index contributed by atoms with van der Waals surface area (Å²) in [6.07, 6.45) is 0.695. The van der Waals surface area contributed by atoms with Gasteiger partial charge in [-0.25, -0.2) is 17.9 Å². The molecule has 0 fully saturated rings. The lowest BCUT2D eigenvalue weighted by Gasteiger charge is -2.11. The van der Waals surface area contributed by atoms with Gasteiger partial charge >= 0.3 is 5.97 Å². The second-order valence-corrected chi connectivity index (χ2v) is 7.66. The van der Waals surface area contributed by atoms with E-state index in [9.17, 15) is 18.0 Å². The van der Waals surface area contributed by atoms with Crippen molar-refractivity contribution in [3.63, 3.8) is 0 Å². The third kappa shape index (κ3) is 3.38. The third-order valence-electron chi connectivity index (χ3n) is 3.99. The van der Waals surface area contributed by atoms with Crippen LogP contribution in [0.4, 0.5) is 0 Å². The number of rotatable bonds is 6. The topological polar surface area (TPSA) is 123 Å². The van der Waals surface area contributed by atoms with Crippen molar-refractivity contribution in [3.05, 3.63) is 46.1 Å². The Morgan fingerprint density at radius 2 is 1.96 bits per heavy atom. The molecule has 2 aromatic carbocycles. The van der Waals surface area contributed by atoms with Crippen molar-refractivity contribution in [3.8, 4) is 5.75 Å². The van der Waals surface area contributed by atoms with Gasteiger partial charge < -0.3 is 14.3 Å². The molecule has 9 heteroatoms. The number of sulfonamides is 1. The van der Waals surface area contributed by atoms with Gasteiger partial charge in [-0.3, -0.25) is 4.79 Å². The molecule has 0 aliphatic rings. The van der Waals surface area contributed by atoms with Crippen molar-refractivity contribution in [1.82, 2.24) is 4.72 Å². The van der Waals surface area contributed by atoms with E-state index >= 15 is 0 Å². The first-order chi connectivity index (χ1) is 12.8. The molecule has 1 heterocycles. The Hall–Kier alpha value is -2.91. The molecule has 0 saturated carbocycles. The van der Waals surface area contributed by atoms with Gasteiger partial charge in [0.15, 0.2) is 5.58 Å². The van der Waals surface area contributed by atoms with Crippen LogP contribution in [0.15, 0.2) is 44.4 Å². The van der Waals surface area contributed by atoms with Crippen LogP contribution in [0.1, 0.15) is 23.7 Å². The maximum absolute atomic E-state index is 12.9. The summed E-state index contributed by atoms with van der Waals surface area (Å²) in [6.45, 7) is 2.23. The number of fused-ring (bicyclic) bond motifs is 2. The molecule has 0 saturated heterocycles. The molecule has 0 aliphatic carbocycles. The summed E-state index contributed by atoms with van der Waals surface area (Å²) in [5.41, 5.74) is -0.638. The second-order valence-electron chi connectivity index (χ2n) is 5.80. The summed E-state index contributed by atoms with van der Waals surface area (Å²) in [7, 11) is -2.69. The number of benzene rings is 2. The van der Waals surface area contributed by atoms with E-state index in [4.69, 9.17) is 14.3 Å². The van der Waals surface area contributed by atoms with Crippen molar-refractivity contribution in [1.29, 1.82) is 0 Å². The molecule has 27 heavy (non-hydrogen) atoms. The van der Waals surface area contributed by atoms with Crippen LogP contribution in [-0.2, 0) is 10.0 Å². The highest BCUT2D eigenvalue weighted by molar-refractivity contribution is 7.89. The number of hydrogen-bond donors (Lipinski definition) is 2. The quantitative estimate of drug-likeness (QED) is 0.618. The minimum Gasteiger partial charge on any atom is -0.494 e. The maximum atomic E-state index is 12.9. The Kier molecular flexibility index (Phi) is 4.90. The number of nitrogens with one attached hydrogen (secondary N) is 1. The third-order valence-corrected chi connectivity index (χ3v) is 5.41. The van der Waals surface area contributed by atoms with E-state index in [1.807, 2.05) is 6.92 Å². The Balaban J connectivity index is 2.43. The van der Waals surface area contributed by atoms with Crippen LogP contribution in [0.3, 0.4) is 0 Å². The van der Waals surface area contributed by atoms with E-state index in [2.05, 4.69) is 4.72 Å². The lowest BCUT2D eigenvalue weighted by molar-refractivity contribution is 0.0697. The van der Waals surface area contributed by atoms with Crippen LogP contribution in [0.2, 0.25) is 0 Å². The molecule has 0 aliphatic heterocycles. The van der Waals surface area contributed by atoms with E-state index in [1.165, 1.54) is 37.4 Å². The highest BCUT2D eigenvalue weighted by atomic mass is 32.2. The fraction of sp³-hybridized carbons (Fsp3) is 0.222. The van der Waals surface area contributed by atoms with Crippen LogP contribution >= 0.6 is 0 Å². The maximum Gasteiger partial charge on any atom is 0.335 e. The van der Waals surface area contributed by atoms with Crippen molar-refractivity contribution in [2.45, 2.75) is 18.2 Å². The molecule has 0 bridgehead atoms. The average molecular weight is 391 g/mol. The minimum absolute atomic E-state index is 0.00698. The van der Waals surface area contributed by atoms with Crippen molar-refractivity contribution in [2.24, 2.45) is 0 Å². The van der Waals surface area contributed by atoms with Gasteiger partial charge in [0, 0.05) is 6.07 Å². The number of carbonyl (C=O) groups is 1. The van der Waals surface area contributed by atoms with Gasteiger partial charge in [-0.1, -0.05) is 6.92 Å². The van der Waals surface area contributed by atoms with Gasteiger partial charge in [-0.2, -0.15) is 0 Å². The fourth-order valence-electron chi connectivity index (χ4n) is 2.65. The van der Waals surface area contributed by atoms with Gasteiger partial charge in [0.2, 0.25) is 15.5 Å². The molecular formula is C18H17NO7S. The average Bonchev–Trinajstić information content (AvgIpc) is 2.65. The van der Waals surface area contributed by atoms with Gasteiger partial charge in [0.05, 0.1) is 22.9 Å². The van der Waals surface area contributed by atoms with Gasteiger partial charge in [-0.05, 0) is 37.7 Å². The molecule has 3 aromatic rings. The lowest BCUT2D eigenvalue weighted by Crippen LogP contribution is -2.19. The smallest absolute Gasteiger partial charge is 0.335 e. The minimum atomic E-state index is -3.94. The van der Waals surface area contributed by atoms with Crippen LogP contribution < -0.4 is 14.9 Å². The number of carboxylic acid groups (broad SMARTS) is 1. The molecule has 8 nitrogen and oxygen atoms in total. The molecule has 142 valence electrons. The zero-order valence-corrected chi connectivity index (χ0v) is 15.4. The Labute approximate surface area is 154 Å². The van der Waals surface area contributed by atoms with Gasteiger partial charge in [0.1, 0.15) is 16.2 Å². The first kappa shape index (κ1) is 18.9. The predicted octanol–water partition coefficient (Wildman–Crippen LogP) is 2.34. The summed E-state index contributed by atoms with van der Waals surface area (Å²) < 4.78 is 38.2. The SMILES string of the molecule is CCCOc1cc(S(=O)(=O)NC)c2oc3ccc(C(=O)O)cc3c(=O)c2c1. The number of carboxylic acids is 1. The summed E-state index contributed by atoms with van der Waals surface area (Å²) >= 11 is 0. The van der Waals surface area contributed by atoms with Gasteiger partial charge in [0.25, 0.3) is 0 Å². The lowest BCUT2D eigenvalue weighted by atomic mass is 10.1. The molecule has 0 radical (unpaired) electrons. The van der Waals surface area contributed by atoms with Crippen molar-refractivity contribution < 1.29 is 27.5 Å². The molecule has 0 spiro atoms. The van der Waals surface area contributed by atoms with E-state index in [1.54, 1.807) is 0 Å². The van der Waals surface area contributed by atoms with E-state index in [0.29, 0.717) is 13.0 Å². The predicted molar refractivity (Wildman–Crippen MR) is 99.0 cm³/mol. The number of ether oxygens (including phenoxy) is 1. The molecule has 3 rings (SSSR count). The molecular weight excluding hydrogens is 374 g/mol. The van der Waals surface area contributed by atoms with Crippen molar-refractivity contribution >= 4 is 37.9 Å².